The molecule has 0 spiro atoms. The van der Waals surface area contributed by atoms with E-state index in [1.165, 1.54) is 5.56 Å². The highest BCUT2D eigenvalue weighted by Gasteiger charge is 1.87. The molecule has 1 aromatic carbocycles. The zero-order valence-electron chi connectivity index (χ0n) is 8.43. The molecule has 1 aromatic rings. The molecule has 3 heteroatoms. The van der Waals surface area contributed by atoms with Crippen molar-refractivity contribution in [2.75, 3.05) is 6.79 Å². The van der Waals surface area contributed by atoms with Crippen molar-refractivity contribution in [2.24, 2.45) is 0 Å². The van der Waals surface area contributed by atoms with E-state index in [0.717, 1.165) is 6.08 Å². The highest BCUT2D eigenvalue weighted by atomic mass is 16.6. The summed E-state index contributed by atoms with van der Waals surface area (Å²) in [6, 6.07) is 10.0. The Hall–Kier alpha value is -1.87. The Kier molecular flexibility index (Phi) is 7.63. The van der Waals surface area contributed by atoms with Crippen LogP contribution in [-0.4, -0.2) is 17.9 Å². The van der Waals surface area contributed by atoms with Gasteiger partial charge in [-0.2, -0.15) is 0 Å². The summed E-state index contributed by atoms with van der Waals surface area (Å²) in [5.74, 6) is -0.609. The van der Waals surface area contributed by atoms with E-state index in [9.17, 15) is 4.79 Å². The fraction of sp³-hybridized carbons (Fsp3) is 0.0833. The molecule has 0 aliphatic rings. The monoisotopic (exact) mass is 206 g/mol. The molecule has 0 aliphatic heterocycles. The van der Waals surface area contributed by atoms with Gasteiger partial charge >= 0.3 is 5.97 Å². The second-order valence-electron chi connectivity index (χ2n) is 2.41. The smallest absolute Gasteiger partial charge is 0.332 e. The number of hydrogen-bond donors (Lipinski definition) is 1. The minimum atomic E-state index is -0.609. The van der Waals surface area contributed by atoms with Crippen LogP contribution in [0.3, 0.4) is 0 Å². The molecule has 0 aromatic heterocycles. The van der Waals surface area contributed by atoms with Crippen LogP contribution in [0.1, 0.15) is 5.56 Å². The van der Waals surface area contributed by atoms with Crippen molar-refractivity contribution >= 4 is 12.0 Å². The molecule has 1 rings (SSSR count). The van der Waals surface area contributed by atoms with E-state index < -0.39 is 12.8 Å². The van der Waals surface area contributed by atoms with E-state index in [0.29, 0.717) is 0 Å². The van der Waals surface area contributed by atoms with Crippen LogP contribution in [-0.2, 0) is 9.53 Å². The molecule has 15 heavy (non-hydrogen) atoms. The maximum atomic E-state index is 9.91. The number of rotatable bonds is 3. The molecule has 0 saturated carbocycles. The summed E-state index contributed by atoms with van der Waals surface area (Å²) < 4.78 is 3.99. The quantitative estimate of drug-likeness (QED) is 0.467. The minimum absolute atomic E-state index is 0.579. The zero-order chi connectivity index (χ0) is 11.5. The van der Waals surface area contributed by atoms with E-state index in [-0.39, 0.29) is 0 Å². The summed E-state index contributed by atoms with van der Waals surface area (Å²) in [4.78, 5) is 9.91. The normalized spacial score (nSPS) is 8.07. The first-order valence-corrected chi connectivity index (χ1v) is 4.32. The fourth-order valence-electron chi connectivity index (χ4n) is 0.712. The van der Waals surface area contributed by atoms with Gasteiger partial charge in [-0.25, -0.2) is 4.79 Å². The van der Waals surface area contributed by atoms with Crippen molar-refractivity contribution in [3.63, 3.8) is 0 Å². The Balaban J connectivity index is 0.000000265. The van der Waals surface area contributed by atoms with Gasteiger partial charge in [0.25, 0.3) is 0 Å². The van der Waals surface area contributed by atoms with Crippen LogP contribution in [0.5, 0.6) is 0 Å². The molecule has 0 atom stereocenters. The molecule has 0 radical (unpaired) electrons. The van der Waals surface area contributed by atoms with E-state index in [4.69, 9.17) is 5.11 Å². The van der Waals surface area contributed by atoms with Gasteiger partial charge in [0, 0.05) is 6.08 Å². The Bertz CT molecular complexity index is 304. The zero-order valence-corrected chi connectivity index (χ0v) is 8.43. The molecular formula is C12H14O3. The van der Waals surface area contributed by atoms with Crippen LogP contribution in [0.4, 0.5) is 0 Å². The lowest BCUT2D eigenvalue weighted by Crippen LogP contribution is -1.99. The topological polar surface area (TPSA) is 46.5 Å². The van der Waals surface area contributed by atoms with Gasteiger partial charge in [-0.05, 0) is 5.56 Å². The van der Waals surface area contributed by atoms with Gasteiger partial charge in [0.1, 0.15) is 0 Å². The van der Waals surface area contributed by atoms with Crippen LogP contribution in [0, 0.1) is 0 Å². The molecule has 0 heterocycles. The van der Waals surface area contributed by atoms with Crippen LogP contribution in [0.2, 0.25) is 0 Å². The van der Waals surface area contributed by atoms with Gasteiger partial charge < -0.3 is 9.84 Å². The lowest BCUT2D eigenvalue weighted by Gasteiger charge is -1.89. The Morgan fingerprint density at radius 3 is 2.20 bits per heavy atom. The summed E-state index contributed by atoms with van der Waals surface area (Å²) in [6.45, 7) is 6.15. The molecule has 1 N–H and O–H groups in total. The van der Waals surface area contributed by atoms with Crippen LogP contribution >= 0.6 is 0 Å². The second kappa shape index (κ2) is 8.72. The van der Waals surface area contributed by atoms with Crippen molar-refractivity contribution in [2.45, 2.75) is 0 Å². The summed E-state index contributed by atoms with van der Waals surface area (Å²) in [6.07, 6.45) is 2.82. The highest BCUT2D eigenvalue weighted by Crippen LogP contribution is 1.97. The molecule has 3 nitrogen and oxygen atoms in total. The van der Waals surface area contributed by atoms with Crippen LogP contribution in [0.15, 0.2) is 49.6 Å². The first-order valence-electron chi connectivity index (χ1n) is 4.32. The minimum Gasteiger partial charge on any atom is -0.436 e. The van der Waals surface area contributed by atoms with E-state index in [1.54, 1.807) is 0 Å². The molecule has 0 aliphatic carbocycles. The third kappa shape index (κ3) is 7.22. The summed E-state index contributed by atoms with van der Waals surface area (Å²) in [5.41, 5.74) is 1.17. The van der Waals surface area contributed by atoms with Gasteiger partial charge in [-0.3, -0.25) is 0 Å². The molecule has 80 valence electrons. The maximum absolute atomic E-state index is 9.91. The predicted octanol–water partition coefficient (Wildman–Crippen LogP) is 1.99. The number of carbonyl (C=O) groups excluding carboxylic acids is 1. The SMILES string of the molecule is C=CC(=O)OCO.C=Cc1ccccc1. The first kappa shape index (κ1) is 13.1. The average Bonchev–Trinajstić information content (AvgIpc) is 2.31. The Labute approximate surface area is 89.3 Å². The summed E-state index contributed by atoms with van der Waals surface area (Å²) in [5, 5.41) is 7.88. The van der Waals surface area contributed by atoms with E-state index in [2.05, 4.69) is 17.9 Å². The van der Waals surface area contributed by atoms with E-state index >= 15 is 0 Å². The highest BCUT2D eigenvalue weighted by molar-refractivity contribution is 5.81. The summed E-state index contributed by atoms with van der Waals surface area (Å²) >= 11 is 0. The number of aliphatic hydroxyl groups excluding tert-OH is 1. The lowest BCUT2D eigenvalue weighted by atomic mass is 10.2. The number of esters is 1. The molecule has 0 saturated heterocycles. The molecule has 0 unspecified atom stereocenters. The van der Waals surface area contributed by atoms with Gasteiger partial charge in [0.05, 0.1) is 0 Å². The fourth-order valence-corrected chi connectivity index (χ4v) is 0.712. The molecular weight excluding hydrogens is 192 g/mol. The van der Waals surface area contributed by atoms with Crippen molar-refractivity contribution in [3.05, 3.63) is 55.1 Å². The molecule has 0 amide bonds. The van der Waals surface area contributed by atoms with Gasteiger partial charge in [0.15, 0.2) is 6.79 Å². The first-order chi connectivity index (χ1) is 7.24. The maximum Gasteiger partial charge on any atom is 0.332 e. The number of aliphatic hydroxyl groups is 1. The van der Waals surface area contributed by atoms with Crippen LogP contribution in [0.25, 0.3) is 6.08 Å². The predicted molar refractivity (Wildman–Crippen MR) is 59.9 cm³/mol. The number of hydrogen-bond acceptors (Lipinski definition) is 3. The second-order valence-corrected chi connectivity index (χ2v) is 2.41. The van der Waals surface area contributed by atoms with Gasteiger partial charge in [0.2, 0.25) is 0 Å². The molecule has 0 fully saturated rings. The lowest BCUT2D eigenvalue weighted by molar-refractivity contribution is -0.145. The van der Waals surface area contributed by atoms with Crippen molar-refractivity contribution < 1.29 is 14.6 Å². The summed E-state index contributed by atoms with van der Waals surface area (Å²) in [7, 11) is 0. The Morgan fingerprint density at radius 1 is 1.33 bits per heavy atom. The average molecular weight is 206 g/mol. The number of benzene rings is 1. The van der Waals surface area contributed by atoms with Gasteiger partial charge in [-0.15, -0.1) is 0 Å². The molecule has 0 bridgehead atoms. The van der Waals surface area contributed by atoms with Crippen molar-refractivity contribution in [3.8, 4) is 0 Å². The third-order valence-electron chi connectivity index (χ3n) is 1.41. The standard InChI is InChI=1S/C8H8.C4H6O3/c1-2-8-6-4-3-5-7-8;1-2-4(6)7-3-5/h2-7H,1H2;2,5H,1,3H2. The van der Waals surface area contributed by atoms with Crippen molar-refractivity contribution in [1.82, 2.24) is 0 Å². The largest absolute Gasteiger partial charge is 0.436 e. The van der Waals surface area contributed by atoms with Gasteiger partial charge in [-0.1, -0.05) is 49.6 Å². The number of ether oxygens (including phenoxy) is 1. The van der Waals surface area contributed by atoms with Crippen molar-refractivity contribution in [1.29, 1.82) is 0 Å². The van der Waals surface area contributed by atoms with Crippen LogP contribution < -0.4 is 0 Å². The third-order valence-corrected chi connectivity index (χ3v) is 1.41. The van der Waals surface area contributed by atoms with E-state index in [1.807, 2.05) is 36.4 Å². The Morgan fingerprint density at radius 2 is 1.93 bits per heavy atom. The number of carbonyl (C=O) groups is 1.